The molecule has 1 aliphatic rings. The van der Waals surface area contributed by atoms with E-state index in [4.69, 9.17) is 16.7 Å². The second-order valence-corrected chi connectivity index (χ2v) is 5.43. The SMILES string of the molecule is OCC1CCN(c2ncc(-c3ccnc(Cl)n3)cn2)CC1. The van der Waals surface area contributed by atoms with Gasteiger partial charge >= 0.3 is 0 Å². The molecule has 0 unspecified atom stereocenters. The molecule has 1 N–H and O–H groups in total. The van der Waals surface area contributed by atoms with E-state index < -0.39 is 0 Å². The molecular weight excluding hydrogens is 290 g/mol. The summed E-state index contributed by atoms with van der Waals surface area (Å²) in [6.07, 6.45) is 7.06. The van der Waals surface area contributed by atoms with Crippen molar-refractivity contribution in [2.24, 2.45) is 5.92 Å². The standard InChI is InChI=1S/C14H16ClN5O/c15-13-16-4-1-12(19-13)11-7-17-14(18-8-11)20-5-2-10(9-21)3-6-20/h1,4,7-8,10,21H,2-3,5-6,9H2. The van der Waals surface area contributed by atoms with Crippen LogP contribution in [0.3, 0.4) is 0 Å². The Hall–Kier alpha value is -1.79. The van der Waals surface area contributed by atoms with Gasteiger partial charge in [0.1, 0.15) is 0 Å². The second-order valence-electron chi connectivity index (χ2n) is 5.10. The van der Waals surface area contributed by atoms with Gasteiger partial charge in [0, 0.05) is 43.9 Å². The number of aliphatic hydroxyl groups is 1. The molecule has 7 heteroatoms. The van der Waals surface area contributed by atoms with E-state index in [9.17, 15) is 0 Å². The smallest absolute Gasteiger partial charge is 0.225 e. The van der Waals surface area contributed by atoms with Gasteiger partial charge in [-0.15, -0.1) is 0 Å². The highest BCUT2D eigenvalue weighted by atomic mass is 35.5. The molecule has 2 aromatic rings. The van der Waals surface area contributed by atoms with Crippen molar-refractivity contribution in [1.29, 1.82) is 0 Å². The summed E-state index contributed by atoms with van der Waals surface area (Å²) in [4.78, 5) is 19.0. The molecule has 0 bridgehead atoms. The number of aliphatic hydroxyl groups excluding tert-OH is 1. The number of hydrogen-bond donors (Lipinski definition) is 1. The number of halogens is 1. The van der Waals surface area contributed by atoms with Crippen molar-refractivity contribution in [3.8, 4) is 11.3 Å². The first-order valence-corrected chi connectivity index (χ1v) is 7.31. The van der Waals surface area contributed by atoms with Crippen LogP contribution >= 0.6 is 11.6 Å². The van der Waals surface area contributed by atoms with E-state index in [1.54, 1.807) is 24.7 Å². The van der Waals surface area contributed by atoms with Gasteiger partial charge in [-0.1, -0.05) is 0 Å². The van der Waals surface area contributed by atoms with Crippen LogP contribution in [0.1, 0.15) is 12.8 Å². The summed E-state index contributed by atoms with van der Waals surface area (Å²) in [7, 11) is 0. The molecule has 1 saturated heterocycles. The van der Waals surface area contributed by atoms with E-state index in [-0.39, 0.29) is 11.9 Å². The van der Waals surface area contributed by atoms with Crippen LogP contribution in [-0.2, 0) is 0 Å². The van der Waals surface area contributed by atoms with Gasteiger partial charge in [0.2, 0.25) is 11.2 Å². The van der Waals surface area contributed by atoms with E-state index in [1.807, 2.05) is 0 Å². The van der Waals surface area contributed by atoms with Gasteiger partial charge in [-0.05, 0) is 36.4 Å². The Morgan fingerprint density at radius 3 is 2.52 bits per heavy atom. The van der Waals surface area contributed by atoms with Crippen molar-refractivity contribution in [3.63, 3.8) is 0 Å². The fourth-order valence-corrected chi connectivity index (χ4v) is 2.58. The molecule has 3 rings (SSSR count). The van der Waals surface area contributed by atoms with Crippen LogP contribution in [-0.4, -0.2) is 44.7 Å². The van der Waals surface area contributed by atoms with E-state index in [0.29, 0.717) is 11.6 Å². The summed E-state index contributed by atoms with van der Waals surface area (Å²) < 4.78 is 0. The molecule has 3 heterocycles. The highest BCUT2D eigenvalue weighted by molar-refractivity contribution is 6.28. The Kier molecular flexibility index (Phi) is 4.26. The maximum Gasteiger partial charge on any atom is 0.225 e. The molecule has 0 aromatic carbocycles. The van der Waals surface area contributed by atoms with Crippen LogP contribution in [0.2, 0.25) is 5.28 Å². The maximum atomic E-state index is 9.16. The zero-order valence-electron chi connectivity index (χ0n) is 11.5. The first-order chi connectivity index (χ1) is 10.3. The summed E-state index contributed by atoms with van der Waals surface area (Å²) in [5, 5.41) is 9.37. The van der Waals surface area contributed by atoms with Gasteiger partial charge in [0.25, 0.3) is 0 Å². The number of aromatic nitrogens is 4. The fourth-order valence-electron chi connectivity index (χ4n) is 2.43. The van der Waals surface area contributed by atoms with Crippen LogP contribution in [0.4, 0.5) is 5.95 Å². The van der Waals surface area contributed by atoms with Crippen LogP contribution in [0.5, 0.6) is 0 Å². The zero-order valence-corrected chi connectivity index (χ0v) is 12.2. The molecule has 6 nitrogen and oxygen atoms in total. The van der Waals surface area contributed by atoms with Gasteiger partial charge in [-0.25, -0.2) is 19.9 Å². The zero-order chi connectivity index (χ0) is 14.7. The first kappa shape index (κ1) is 14.2. The summed E-state index contributed by atoms with van der Waals surface area (Å²) in [6.45, 7) is 2.02. The molecule has 1 fully saturated rings. The van der Waals surface area contributed by atoms with E-state index in [1.165, 1.54) is 0 Å². The van der Waals surface area contributed by atoms with Gasteiger partial charge in [0.05, 0.1) is 5.69 Å². The fraction of sp³-hybridized carbons (Fsp3) is 0.429. The normalized spacial score (nSPS) is 16.2. The monoisotopic (exact) mass is 305 g/mol. The minimum absolute atomic E-state index is 0.211. The maximum absolute atomic E-state index is 9.16. The summed E-state index contributed by atoms with van der Waals surface area (Å²) in [5.41, 5.74) is 1.52. The Morgan fingerprint density at radius 1 is 1.19 bits per heavy atom. The Morgan fingerprint density at radius 2 is 1.90 bits per heavy atom. The van der Waals surface area contributed by atoms with Crippen LogP contribution in [0.25, 0.3) is 11.3 Å². The molecule has 0 radical (unpaired) electrons. The highest BCUT2D eigenvalue weighted by Crippen LogP contribution is 2.22. The highest BCUT2D eigenvalue weighted by Gasteiger charge is 2.20. The lowest BCUT2D eigenvalue weighted by Gasteiger charge is -2.30. The quantitative estimate of drug-likeness (QED) is 0.872. The second kappa shape index (κ2) is 6.32. The van der Waals surface area contributed by atoms with Crippen molar-refractivity contribution in [2.45, 2.75) is 12.8 Å². The number of piperidine rings is 1. The Bertz CT molecular complexity index is 599. The molecule has 0 amide bonds. The molecule has 0 atom stereocenters. The number of nitrogens with zero attached hydrogens (tertiary/aromatic N) is 5. The molecular formula is C14H16ClN5O. The average molecular weight is 306 g/mol. The van der Waals surface area contributed by atoms with Crippen LogP contribution in [0, 0.1) is 5.92 Å². The van der Waals surface area contributed by atoms with E-state index in [0.717, 1.165) is 37.4 Å². The summed E-state index contributed by atoms with van der Waals surface area (Å²) in [6, 6.07) is 1.77. The predicted molar refractivity (Wildman–Crippen MR) is 80.1 cm³/mol. The summed E-state index contributed by atoms with van der Waals surface area (Å²) in [5.74, 6) is 1.12. The number of anilines is 1. The number of hydrogen-bond acceptors (Lipinski definition) is 6. The van der Waals surface area contributed by atoms with Crippen molar-refractivity contribution in [1.82, 2.24) is 19.9 Å². The summed E-state index contributed by atoms with van der Waals surface area (Å²) >= 11 is 5.78. The third kappa shape index (κ3) is 3.28. The molecule has 1 aliphatic heterocycles. The molecule has 21 heavy (non-hydrogen) atoms. The molecule has 0 aliphatic carbocycles. The molecule has 0 spiro atoms. The average Bonchev–Trinajstić information content (AvgIpc) is 2.55. The van der Waals surface area contributed by atoms with Crippen molar-refractivity contribution in [3.05, 3.63) is 29.9 Å². The largest absolute Gasteiger partial charge is 0.396 e. The van der Waals surface area contributed by atoms with Crippen LogP contribution in [0.15, 0.2) is 24.7 Å². The van der Waals surface area contributed by atoms with E-state index in [2.05, 4.69) is 24.8 Å². The molecule has 0 saturated carbocycles. The van der Waals surface area contributed by atoms with Crippen LogP contribution < -0.4 is 4.90 Å². The van der Waals surface area contributed by atoms with Gasteiger partial charge in [-0.2, -0.15) is 0 Å². The minimum atomic E-state index is 0.211. The minimum Gasteiger partial charge on any atom is -0.396 e. The lowest BCUT2D eigenvalue weighted by Crippen LogP contribution is -2.35. The van der Waals surface area contributed by atoms with Crippen molar-refractivity contribution >= 4 is 17.5 Å². The van der Waals surface area contributed by atoms with E-state index >= 15 is 0 Å². The molecule has 110 valence electrons. The van der Waals surface area contributed by atoms with Gasteiger partial charge in [0.15, 0.2) is 0 Å². The number of rotatable bonds is 3. The Balaban J connectivity index is 1.73. The lowest BCUT2D eigenvalue weighted by molar-refractivity contribution is 0.202. The first-order valence-electron chi connectivity index (χ1n) is 6.93. The van der Waals surface area contributed by atoms with Gasteiger partial charge in [-0.3, -0.25) is 0 Å². The lowest BCUT2D eigenvalue weighted by atomic mass is 9.98. The Labute approximate surface area is 127 Å². The van der Waals surface area contributed by atoms with Crippen molar-refractivity contribution in [2.75, 3.05) is 24.6 Å². The molecule has 2 aromatic heterocycles. The topological polar surface area (TPSA) is 75.0 Å². The van der Waals surface area contributed by atoms with Gasteiger partial charge < -0.3 is 10.0 Å². The predicted octanol–water partition coefficient (Wildman–Crippen LogP) is 1.80. The third-order valence-electron chi connectivity index (χ3n) is 3.72. The van der Waals surface area contributed by atoms with Crippen molar-refractivity contribution < 1.29 is 5.11 Å². The third-order valence-corrected chi connectivity index (χ3v) is 3.90.